The summed E-state index contributed by atoms with van der Waals surface area (Å²) in [5.74, 6) is 1.33. The molecule has 30 heavy (non-hydrogen) atoms. The molecule has 0 aromatic heterocycles. The summed E-state index contributed by atoms with van der Waals surface area (Å²) in [6.07, 6.45) is 3.05. The number of carbonyl (C=O) groups is 1. The summed E-state index contributed by atoms with van der Waals surface area (Å²) in [4.78, 5) is 12.5. The van der Waals surface area contributed by atoms with Crippen LogP contribution in [-0.4, -0.2) is 24.6 Å². The van der Waals surface area contributed by atoms with Crippen LogP contribution in [0.3, 0.4) is 0 Å². The van der Waals surface area contributed by atoms with E-state index in [-0.39, 0.29) is 17.1 Å². The fraction of sp³-hybridized carbons (Fsp3) is 0.160. The number of hydrogen-bond donors (Lipinski definition) is 1. The van der Waals surface area contributed by atoms with Crippen LogP contribution in [0.1, 0.15) is 28.4 Å². The minimum absolute atomic E-state index is 0.131. The van der Waals surface area contributed by atoms with Gasteiger partial charge in [-0.3, -0.25) is 4.79 Å². The number of ketones is 1. The quantitative estimate of drug-likeness (QED) is 0.389. The topological polar surface area (TPSA) is 65.0 Å². The van der Waals surface area contributed by atoms with Crippen molar-refractivity contribution in [1.29, 1.82) is 0 Å². The first kappa shape index (κ1) is 21.0. The molecule has 0 aliphatic carbocycles. The van der Waals surface area contributed by atoms with Crippen molar-refractivity contribution < 1.29 is 24.1 Å². The second-order valence-corrected chi connectivity index (χ2v) is 6.49. The molecule has 3 rings (SSSR count). The lowest BCUT2D eigenvalue weighted by Crippen LogP contribution is -1.98. The fourth-order valence-electron chi connectivity index (χ4n) is 2.89. The highest BCUT2D eigenvalue weighted by Gasteiger charge is 2.11. The third kappa shape index (κ3) is 5.41. The number of hydrogen-bond acceptors (Lipinski definition) is 5. The summed E-state index contributed by atoms with van der Waals surface area (Å²) in [7, 11) is 1.56. The van der Waals surface area contributed by atoms with Crippen molar-refractivity contribution in [3.05, 3.63) is 89.5 Å². The van der Waals surface area contributed by atoms with Crippen LogP contribution < -0.4 is 14.2 Å². The highest BCUT2D eigenvalue weighted by Crippen LogP contribution is 2.28. The van der Waals surface area contributed by atoms with E-state index in [2.05, 4.69) is 0 Å². The number of aromatic hydroxyl groups is 1. The van der Waals surface area contributed by atoms with Crippen LogP contribution in [0.15, 0.2) is 72.8 Å². The summed E-state index contributed by atoms with van der Waals surface area (Å²) in [6.45, 7) is 2.84. The van der Waals surface area contributed by atoms with E-state index in [0.29, 0.717) is 30.5 Å². The Kier molecular flexibility index (Phi) is 7.11. The van der Waals surface area contributed by atoms with Crippen molar-refractivity contribution in [1.82, 2.24) is 0 Å². The molecular weight excluding hydrogens is 380 g/mol. The van der Waals surface area contributed by atoms with Crippen LogP contribution in [0, 0.1) is 0 Å². The van der Waals surface area contributed by atoms with E-state index in [1.54, 1.807) is 31.4 Å². The minimum Gasteiger partial charge on any atom is -0.507 e. The van der Waals surface area contributed by atoms with Gasteiger partial charge in [0.05, 0.1) is 19.3 Å². The van der Waals surface area contributed by atoms with Crippen LogP contribution in [0.2, 0.25) is 0 Å². The molecule has 0 fully saturated rings. The number of phenols is 1. The van der Waals surface area contributed by atoms with Gasteiger partial charge in [0.1, 0.15) is 29.6 Å². The van der Waals surface area contributed by atoms with Gasteiger partial charge in [0.15, 0.2) is 5.78 Å². The highest BCUT2D eigenvalue weighted by atomic mass is 16.5. The zero-order valence-corrected chi connectivity index (χ0v) is 17.0. The van der Waals surface area contributed by atoms with E-state index in [4.69, 9.17) is 14.2 Å². The maximum atomic E-state index is 12.5. The fourth-order valence-corrected chi connectivity index (χ4v) is 2.89. The first-order chi connectivity index (χ1) is 14.6. The van der Waals surface area contributed by atoms with Gasteiger partial charge in [0.2, 0.25) is 0 Å². The molecule has 5 nitrogen and oxygen atoms in total. The number of benzene rings is 3. The van der Waals surface area contributed by atoms with Gasteiger partial charge in [-0.2, -0.15) is 0 Å². The Morgan fingerprint density at radius 2 is 1.70 bits per heavy atom. The molecule has 0 saturated carbocycles. The normalized spacial score (nSPS) is 10.7. The summed E-state index contributed by atoms with van der Waals surface area (Å²) in [5.41, 5.74) is 1.95. The Bertz CT molecular complexity index is 1020. The number of rotatable bonds is 9. The molecule has 5 heteroatoms. The summed E-state index contributed by atoms with van der Waals surface area (Å²) >= 11 is 0. The predicted octanol–water partition coefficient (Wildman–Crippen LogP) is 5.27. The molecule has 0 spiro atoms. The van der Waals surface area contributed by atoms with E-state index < -0.39 is 0 Å². The van der Waals surface area contributed by atoms with Crippen molar-refractivity contribution in [2.45, 2.75) is 13.5 Å². The molecule has 0 saturated heterocycles. The van der Waals surface area contributed by atoms with Crippen LogP contribution in [0.5, 0.6) is 23.0 Å². The Morgan fingerprint density at radius 1 is 0.967 bits per heavy atom. The number of carbonyl (C=O) groups excluding carboxylic acids is 1. The second kappa shape index (κ2) is 10.2. The van der Waals surface area contributed by atoms with Crippen molar-refractivity contribution >= 4 is 11.9 Å². The zero-order chi connectivity index (χ0) is 21.3. The third-order valence-electron chi connectivity index (χ3n) is 4.41. The van der Waals surface area contributed by atoms with Gasteiger partial charge in [-0.25, -0.2) is 0 Å². The lowest BCUT2D eigenvalue weighted by atomic mass is 10.1. The van der Waals surface area contributed by atoms with E-state index in [0.717, 1.165) is 11.1 Å². The Balaban J connectivity index is 1.69. The first-order valence-corrected chi connectivity index (χ1v) is 9.63. The Labute approximate surface area is 176 Å². The lowest BCUT2D eigenvalue weighted by molar-refractivity contribution is 0.104. The van der Waals surface area contributed by atoms with Gasteiger partial charge in [-0.05, 0) is 48.9 Å². The zero-order valence-electron chi connectivity index (χ0n) is 17.0. The van der Waals surface area contributed by atoms with Gasteiger partial charge in [-0.1, -0.05) is 30.3 Å². The van der Waals surface area contributed by atoms with Gasteiger partial charge >= 0.3 is 0 Å². The molecule has 0 radical (unpaired) electrons. The van der Waals surface area contributed by atoms with E-state index in [9.17, 15) is 9.90 Å². The van der Waals surface area contributed by atoms with Crippen LogP contribution in [0.25, 0.3) is 6.08 Å². The Hall–Kier alpha value is -3.73. The SMILES string of the molecule is CCOc1ccc(C=CC(=O)c2ccc(OCc3ccccc3)cc2O)c(OC)c1. The average molecular weight is 404 g/mol. The molecule has 154 valence electrons. The molecule has 0 aliphatic heterocycles. The molecule has 0 unspecified atom stereocenters. The molecule has 0 bridgehead atoms. The van der Waals surface area contributed by atoms with Crippen molar-refractivity contribution in [2.75, 3.05) is 13.7 Å². The molecule has 3 aromatic rings. The molecule has 0 amide bonds. The largest absolute Gasteiger partial charge is 0.507 e. The summed E-state index contributed by atoms with van der Waals surface area (Å²) in [6, 6.07) is 19.8. The predicted molar refractivity (Wildman–Crippen MR) is 116 cm³/mol. The third-order valence-corrected chi connectivity index (χ3v) is 4.41. The molecular formula is C25H24O5. The number of allylic oxidation sites excluding steroid dienone is 1. The maximum Gasteiger partial charge on any atom is 0.189 e. The van der Waals surface area contributed by atoms with Crippen molar-refractivity contribution in [3.8, 4) is 23.0 Å². The van der Waals surface area contributed by atoms with Crippen LogP contribution in [0.4, 0.5) is 0 Å². The standard InChI is InChI=1S/C25H24O5/c1-3-29-21-11-9-19(25(16-21)28-2)10-14-23(26)22-13-12-20(15-24(22)27)30-17-18-7-5-4-6-8-18/h4-16,27H,3,17H2,1-2H3. The summed E-state index contributed by atoms with van der Waals surface area (Å²) in [5, 5.41) is 10.3. The molecule has 3 aromatic carbocycles. The van der Waals surface area contributed by atoms with Crippen LogP contribution >= 0.6 is 0 Å². The maximum absolute atomic E-state index is 12.5. The van der Waals surface area contributed by atoms with E-state index in [1.165, 1.54) is 12.1 Å². The molecule has 0 atom stereocenters. The highest BCUT2D eigenvalue weighted by molar-refractivity contribution is 6.08. The molecule has 0 aliphatic rings. The van der Waals surface area contributed by atoms with Crippen LogP contribution in [-0.2, 0) is 6.61 Å². The smallest absolute Gasteiger partial charge is 0.189 e. The van der Waals surface area contributed by atoms with E-state index in [1.807, 2.05) is 49.4 Å². The van der Waals surface area contributed by atoms with Gasteiger partial charge in [0, 0.05) is 17.7 Å². The summed E-state index contributed by atoms with van der Waals surface area (Å²) < 4.78 is 16.5. The van der Waals surface area contributed by atoms with Gasteiger partial charge < -0.3 is 19.3 Å². The minimum atomic E-state index is -0.321. The van der Waals surface area contributed by atoms with Crippen molar-refractivity contribution in [2.24, 2.45) is 0 Å². The number of phenolic OH excluding ortho intramolecular Hbond substituents is 1. The molecule has 1 N–H and O–H groups in total. The van der Waals surface area contributed by atoms with Crippen molar-refractivity contribution in [3.63, 3.8) is 0 Å². The monoisotopic (exact) mass is 404 g/mol. The lowest BCUT2D eigenvalue weighted by Gasteiger charge is -2.09. The van der Waals surface area contributed by atoms with Gasteiger partial charge in [-0.15, -0.1) is 0 Å². The average Bonchev–Trinajstić information content (AvgIpc) is 2.77. The van der Waals surface area contributed by atoms with Gasteiger partial charge in [0.25, 0.3) is 0 Å². The number of ether oxygens (including phenoxy) is 3. The second-order valence-electron chi connectivity index (χ2n) is 6.49. The number of methoxy groups -OCH3 is 1. The first-order valence-electron chi connectivity index (χ1n) is 9.63. The molecule has 0 heterocycles. The van der Waals surface area contributed by atoms with E-state index >= 15 is 0 Å². The Morgan fingerprint density at radius 3 is 2.40 bits per heavy atom.